The summed E-state index contributed by atoms with van der Waals surface area (Å²) in [7, 11) is 0. The molecule has 3 rings (SSSR count). The van der Waals surface area contributed by atoms with Crippen molar-refractivity contribution in [2.24, 2.45) is 23.2 Å². The van der Waals surface area contributed by atoms with E-state index in [0.717, 1.165) is 18.4 Å². The molecule has 0 spiro atoms. The number of cyclic esters (lactones) is 1. The van der Waals surface area contributed by atoms with Crippen LogP contribution in [0.15, 0.2) is 11.1 Å². The van der Waals surface area contributed by atoms with Crippen molar-refractivity contribution in [2.45, 2.75) is 33.1 Å². The second-order valence-corrected chi connectivity index (χ2v) is 6.40. The quantitative estimate of drug-likeness (QED) is 0.602. The van der Waals surface area contributed by atoms with E-state index in [1.807, 2.05) is 0 Å². The predicted octanol–water partition coefficient (Wildman–Crippen LogP) is 2.44. The molecule has 1 saturated carbocycles. The van der Waals surface area contributed by atoms with E-state index < -0.39 is 0 Å². The number of ether oxygens (including phenoxy) is 1. The Kier molecular flexibility index (Phi) is 2.13. The molecule has 3 nitrogen and oxygen atoms in total. The van der Waals surface area contributed by atoms with Gasteiger partial charge >= 0.3 is 5.97 Å². The van der Waals surface area contributed by atoms with Gasteiger partial charge in [-0.15, -0.1) is 0 Å². The van der Waals surface area contributed by atoms with Gasteiger partial charge < -0.3 is 4.74 Å². The monoisotopic (exact) mass is 231 g/mol. The molecule has 0 radical (unpaired) electrons. The highest BCUT2D eigenvalue weighted by molar-refractivity contribution is 5.93. The topological polar surface area (TPSA) is 50.1 Å². The van der Waals surface area contributed by atoms with E-state index in [9.17, 15) is 10.1 Å². The third-order valence-corrected chi connectivity index (χ3v) is 4.57. The zero-order valence-electron chi connectivity index (χ0n) is 10.3. The molecule has 1 heterocycles. The second-order valence-electron chi connectivity index (χ2n) is 6.40. The molecule has 0 saturated heterocycles. The van der Waals surface area contributed by atoms with Gasteiger partial charge in [0.2, 0.25) is 0 Å². The standard InChI is InChI=1S/C14H17NO2/c1-14(2)4-8-3-9-7-17-13(16)12(9)11(6-15)10(8)5-14/h8,10-11H,3-5,7H2,1-2H3/t8-,10-,11?/m0/s1. The first-order valence-corrected chi connectivity index (χ1v) is 6.30. The summed E-state index contributed by atoms with van der Waals surface area (Å²) in [6.07, 6.45) is 3.19. The van der Waals surface area contributed by atoms with Crippen LogP contribution in [-0.4, -0.2) is 12.6 Å². The maximum atomic E-state index is 11.7. The molecule has 3 heteroatoms. The van der Waals surface area contributed by atoms with Crippen molar-refractivity contribution in [2.75, 3.05) is 6.61 Å². The lowest BCUT2D eigenvalue weighted by Crippen LogP contribution is -2.27. The predicted molar refractivity (Wildman–Crippen MR) is 61.7 cm³/mol. The van der Waals surface area contributed by atoms with Gasteiger partial charge in [-0.1, -0.05) is 13.8 Å². The van der Waals surface area contributed by atoms with Gasteiger partial charge in [-0.2, -0.15) is 5.26 Å². The highest BCUT2D eigenvalue weighted by atomic mass is 16.5. The van der Waals surface area contributed by atoms with E-state index in [1.54, 1.807) is 0 Å². The van der Waals surface area contributed by atoms with E-state index in [1.165, 1.54) is 6.42 Å². The summed E-state index contributed by atoms with van der Waals surface area (Å²) in [4.78, 5) is 11.7. The SMILES string of the molecule is CC1(C)C[C@@H]2CC3=C(C(=O)OC3)C(C#N)[C@H]2C1. The van der Waals surface area contributed by atoms with Crippen molar-refractivity contribution >= 4 is 5.97 Å². The van der Waals surface area contributed by atoms with Crippen molar-refractivity contribution in [3.63, 3.8) is 0 Å². The van der Waals surface area contributed by atoms with Crippen LogP contribution in [0.3, 0.4) is 0 Å². The van der Waals surface area contributed by atoms with Gasteiger partial charge in [0.15, 0.2) is 0 Å². The van der Waals surface area contributed by atoms with Crippen LogP contribution in [-0.2, 0) is 9.53 Å². The molecule has 3 atom stereocenters. The van der Waals surface area contributed by atoms with Crippen LogP contribution in [0.1, 0.15) is 33.1 Å². The number of fused-ring (bicyclic) bond motifs is 1. The van der Waals surface area contributed by atoms with E-state index in [4.69, 9.17) is 4.74 Å². The third kappa shape index (κ3) is 1.50. The van der Waals surface area contributed by atoms with Crippen molar-refractivity contribution in [3.05, 3.63) is 11.1 Å². The Morgan fingerprint density at radius 3 is 2.88 bits per heavy atom. The first-order valence-electron chi connectivity index (χ1n) is 6.30. The van der Waals surface area contributed by atoms with Crippen LogP contribution in [0.4, 0.5) is 0 Å². The zero-order valence-corrected chi connectivity index (χ0v) is 10.3. The van der Waals surface area contributed by atoms with Crippen molar-refractivity contribution < 1.29 is 9.53 Å². The molecule has 17 heavy (non-hydrogen) atoms. The molecule has 0 amide bonds. The molecule has 0 bridgehead atoms. The van der Waals surface area contributed by atoms with Gasteiger partial charge in [0.05, 0.1) is 17.6 Å². The number of esters is 1. The molecule has 90 valence electrons. The van der Waals surface area contributed by atoms with Crippen molar-refractivity contribution in [3.8, 4) is 6.07 Å². The lowest BCUT2D eigenvalue weighted by molar-refractivity contribution is -0.136. The van der Waals surface area contributed by atoms with Crippen molar-refractivity contribution in [1.29, 1.82) is 5.26 Å². The summed E-state index contributed by atoms with van der Waals surface area (Å²) in [5.74, 6) is 0.470. The fourth-order valence-corrected chi connectivity index (χ4v) is 4.02. The molecule has 0 aromatic heterocycles. The number of hydrogen-bond donors (Lipinski definition) is 0. The Bertz CT molecular complexity index is 455. The normalized spacial score (nSPS) is 38.4. The summed E-state index contributed by atoms with van der Waals surface area (Å²) in [5, 5.41) is 9.38. The van der Waals surface area contributed by atoms with Crippen LogP contribution < -0.4 is 0 Å². The molecule has 3 aliphatic rings. The number of hydrogen-bond acceptors (Lipinski definition) is 3. The van der Waals surface area contributed by atoms with E-state index in [-0.39, 0.29) is 11.9 Å². The molecule has 0 aromatic rings. The van der Waals surface area contributed by atoms with E-state index >= 15 is 0 Å². The fourth-order valence-electron chi connectivity index (χ4n) is 4.02. The Hall–Kier alpha value is -1.30. The number of carbonyl (C=O) groups is 1. The summed E-state index contributed by atoms with van der Waals surface area (Å²) in [6, 6.07) is 2.36. The second kappa shape index (κ2) is 3.35. The Morgan fingerprint density at radius 2 is 2.18 bits per heavy atom. The average molecular weight is 231 g/mol. The van der Waals surface area contributed by atoms with Gasteiger partial charge in [0, 0.05) is 0 Å². The maximum Gasteiger partial charge on any atom is 0.335 e. The fraction of sp³-hybridized carbons (Fsp3) is 0.714. The third-order valence-electron chi connectivity index (χ3n) is 4.57. The van der Waals surface area contributed by atoms with Crippen LogP contribution in [0, 0.1) is 34.5 Å². The van der Waals surface area contributed by atoms with Gasteiger partial charge in [0.25, 0.3) is 0 Å². The minimum absolute atomic E-state index is 0.222. The van der Waals surface area contributed by atoms with Crippen LogP contribution in [0.25, 0.3) is 0 Å². The minimum Gasteiger partial charge on any atom is -0.458 e. The largest absolute Gasteiger partial charge is 0.458 e. The summed E-state index contributed by atoms with van der Waals surface area (Å²) >= 11 is 0. The summed E-state index contributed by atoms with van der Waals surface area (Å²) in [6.45, 7) is 4.96. The molecule has 1 unspecified atom stereocenters. The van der Waals surface area contributed by atoms with Gasteiger partial charge in [0.1, 0.15) is 6.61 Å². The Labute approximate surface area is 101 Å². The van der Waals surface area contributed by atoms with Crippen LogP contribution >= 0.6 is 0 Å². The zero-order chi connectivity index (χ0) is 12.2. The average Bonchev–Trinajstić information content (AvgIpc) is 2.75. The van der Waals surface area contributed by atoms with Crippen LogP contribution in [0.2, 0.25) is 0 Å². The van der Waals surface area contributed by atoms with Crippen LogP contribution in [0.5, 0.6) is 0 Å². The van der Waals surface area contributed by atoms with E-state index in [2.05, 4.69) is 19.9 Å². The van der Waals surface area contributed by atoms with Gasteiger partial charge in [-0.3, -0.25) is 0 Å². The molecule has 0 N–H and O–H groups in total. The highest BCUT2D eigenvalue weighted by Gasteiger charge is 2.50. The Balaban J connectivity index is 1.99. The summed E-state index contributed by atoms with van der Waals surface area (Å²) < 4.78 is 5.09. The van der Waals surface area contributed by atoms with Crippen molar-refractivity contribution in [1.82, 2.24) is 0 Å². The maximum absolute atomic E-state index is 11.7. The molecule has 2 aliphatic carbocycles. The lowest BCUT2D eigenvalue weighted by atomic mass is 9.71. The minimum atomic E-state index is -0.241. The lowest BCUT2D eigenvalue weighted by Gasteiger charge is -2.29. The molecule has 1 fully saturated rings. The number of carbonyl (C=O) groups excluding carboxylic acids is 1. The highest BCUT2D eigenvalue weighted by Crippen LogP contribution is 2.55. The molecule has 0 aromatic carbocycles. The Morgan fingerprint density at radius 1 is 1.41 bits per heavy atom. The first kappa shape index (κ1) is 10.8. The number of rotatable bonds is 0. The molecule has 1 aliphatic heterocycles. The number of nitriles is 1. The molecular weight excluding hydrogens is 214 g/mol. The summed E-state index contributed by atoms with van der Waals surface area (Å²) in [5.41, 5.74) is 2.11. The number of nitrogens with zero attached hydrogens (tertiary/aromatic N) is 1. The van der Waals surface area contributed by atoms with Gasteiger partial charge in [-0.05, 0) is 42.1 Å². The van der Waals surface area contributed by atoms with E-state index in [0.29, 0.717) is 29.4 Å². The smallest absolute Gasteiger partial charge is 0.335 e. The van der Waals surface area contributed by atoms with Gasteiger partial charge in [-0.25, -0.2) is 4.79 Å². The molecular formula is C14H17NO2. The first-order chi connectivity index (χ1) is 8.02.